The van der Waals surface area contributed by atoms with Gasteiger partial charge < -0.3 is 10.2 Å². The van der Waals surface area contributed by atoms with Gasteiger partial charge in [-0.1, -0.05) is 17.7 Å². The molecule has 130 valence electrons. The van der Waals surface area contributed by atoms with Gasteiger partial charge in [-0.25, -0.2) is 18.1 Å². The van der Waals surface area contributed by atoms with E-state index in [-0.39, 0.29) is 22.9 Å². The van der Waals surface area contributed by atoms with Crippen molar-refractivity contribution in [2.45, 2.75) is 11.4 Å². The lowest BCUT2D eigenvalue weighted by Crippen LogP contribution is -2.23. The van der Waals surface area contributed by atoms with Crippen LogP contribution in [0.3, 0.4) is 0 Å². The molecule has 0 fully saturated rings. The van der Waals surface area contributed by atoms with Crippen LogP contribution in [0.4, 0.5) is 0 Å². The van der Waals surface area contributed by atoms with Crippen molar-refractivity contribution < 1.29 is 18.6 Å². The van der Waals surface area contributed by atoms with Crippen LogP contribution in [0.5, 0.6) is 11.5 Å². The number of aromatic nitrogens is 1. The molecule has 0 atom stereocenters. The van der Waals surface area contributed by atoms with Crippen molar-refractivity contribution in [1.82, 2.24) is 9.71 Å². The summed E-state index contributed by atoms with van der Waals surface area (Å²) < 4.78 is 27.0. The first kappa shape index (κ1) is 17.7. The maximum Gasteiger partial charge on any atom is 0.241 e. The third kappa shape index (κ3) is 4.10. The van der Waals surface area contributed by atoms with Crippen LogP contribution in [0.2, 0.25) is 5.02 Å². The Hall–Kier alpha value is -2.13. The number of hydrogen-bond donors (Lipinski definition) is 3. The first-order valence-electron chi connectivity index (χ1n) is 7.07. The Labute approximate surface area is 153 Å². The molecule has 0 aliphatic heterocycles. The highest BCUT2D eigenvalue weighted by Gasteiger charge is 2.15. The van der Waals surface area contributed by atoms with Crippen LogP contribution in [0.1, 0.15) is 5.01 Å². The summed E-state index contributed by atoms with van der Waals surface area (Å²) in [5.41, 5.74) is 1.20. The van der Waals surface area contributed by atoms with E-state index in [9.17, 15) is 18.6 Å². The van der Waals surface area contributed by atoms with E-state index < -0.39 is 10.0 Å². The van der Waals surface area contributed by atoms with Crippen LogP contribution >= 0.6 is 22.9 Å². The van der Waals surface area contributed by atoms with Gasteiger partial charge in [-0.3, -0.25) is 0 Å². The summed E-state index contributed by atoms with van der Waals surface area (Å²) in [5.74, 6) is -0.456. The van der Waals surface area contributed by atoms with E-state index in [1.54, 1.807) is 23.6 Å². The Morgan fingerprint density at radius 1 is 1.12 bits per heavy atom. The predicted molar refractivity (Wildman–Crippen MR) is 96.4 cm³/mol. The molecule has 3 aromatic rings. The summed E-state index contributed by atoms with van der Waals surface area (Å²) in [6.07, 6.45) is 0. The zero-order chi connectivity index (χ0) is 18.0. The summed E-state index contributed by atoms with van der Waals surface area (Å²) >= 11 is 7.11. The topological polar surface area (TPSA) is 99.5 Å². The minimum atomic E-state index is -3.69. The highest BCUT2D eigenvalue weighted by atomic mass is 35.5. The van der Waals surface area contributed by atoms with Gasteiger partial charge in [0.15, 0.2) is 11.5 Å². The normalized spacial score (nSPS) is 11.6. The van der Waals surface area contributed by atoms with Gasteiger partial charge in [0.05, 0.1) is 17.1 Å². The van der Waals surface area contributed by atoms with Gasteiger partial charge in [0.25, 0.3) is 0 Å². The fourth-order valence-corrected chi connectivity index (χ4v) is 4.20. The molecule has 0 spiro atoms. The Morgan fingerprint density at radius 3 is 2.64 bits per heavy atom. The van der Waals surface area contributed by atoms with Crippen molar-refractivity contribution in [3.8, 4) is 22.8 Å². The van der Waals surface area contributed by atoms with E-state index in [4.69, 9.17) is 11.6 Å². The van der Waals surface area contributed by atoms with Gasteiger partial charge >= 0.3 is 0 Å². The maximum atomic E-state index is 12.3. The predicted octanol–water partition coefficient (Wildman–Crippen LogP) is 3.35. The molecule has 6 nitrogen and oxygen atoms in total. The molecule has 0 amide bonds. The lowest BCUT2D eigenvalue weighted by Gasteiger charge is -2.05. The molecule has 0 unspecified atom stereocenters. The Kier molecular flexibility index (Phi) is 4.96. The summed E-state index contributed by atoms with van der Waals surface area (Å²) in [6, 6.07) is 10.4. The highest BCUT2D eigenvalue weighted by Crippen LogP contribution is 2.31. The summed E-state index contributed by atoms with van der Waals surface area (Å²) in [6.45, 7) is 0.0313. The Morgan fingerprint density at radius 2 is 1.92 bits per heavy atom. The maximum absolute atomic E-state index is 12.3. The van der Waals surface area contributed by atoms with Gasteiger partial charge in [-0.05, 0) is 36.4 Å². The Balaban J connectivity index is 1.74. The number of hydrogen-bond acceptors (Lipinski definition) is 6. The van der Waals surface area contributed by atoms with Crippen molar-refractivity contribution in [2.75, 3.05) is 0 Å². The van der Waals surface area contributed by atoms with Crippen LogP contribution in [-0.4, -0.2) is 23.6 Å². The van der Waals surface area contributed by atoms with Crippen LogP contribution in [0.25, 0.3) is 11.3 Å². The third-order valence-electron chi connectivity index (χ3n) is 3.34. The highest BCUT2D eigenvalue weighted by molar-refractivity contribution is 7.89. The van der Waals surface area contributed by atoms with Gasteiger partial charge in [0.1, 0.15) is 5.01 Å². The van der Waals surface area contributed by atoms with E-state index in [2.05, 4.69) is 9.71 Å². The van der Waals surface area contributed by atoms with Crippen LogP contribution < -0.4 is 4.72 Å². The largest absolute Gasteiger partial charge is 0.504 e. The summed E-state index contributed by atoms with van der Waals surface area (Å²) in [5, 5.41) is 21.5. The van der Waals surface area contributed by atoms with E-state index in [1.165, 1.54) is 35.6 Å². The van der Waals surface area contributed by atoms with Crippen LogP contribution in [0.15, 0.2) is 52.7 Å². The standard InChI is InChI=1S/C16H13ClN2O4S2/c17-11-2-1-3-12(7-11)25(22,23)18-8-16-19-13(9-24-16)10-4-5-14(20)15(21)6-10/h1-7,9,18,20-21H,8H2. The van der Waals surface area contributed by atoms with E-state index in [0.29, 0.717) is 21.3 Å². The van der Waals surface area contributed by atoms with Crippen molar-refractivity contribution >= 4 is 33.0 Å². The summed E-state index contributed by atoms with van der Waals surface area (Å²) in [7, 11) is -3.69. The second kappa shape index (κ2) is 7.01. The molecule has 0 aliphatic rings. The molecule has 1 aromatic heterocycles. The lowest BCUT2D eigenvalue weighted by molar-refractivity contribution is 0.404. The first-order chi connectivity index (χ1) is 11.8. The molecular formula is C16H13ClN2O4S2. The molecule has 0 aliphatic carbocycles. The lowest BCUT2D eigenvalue weighted by atomic mass is 10.1. The number of halogens is 1. The molecule has 9 heteroatoms. The molecule has 2 aromatic carbocycles. The van der Waals surface area contributed by atoms with Crippen molar-refractivity contribution in [2.24, 2.45) is 0 Å². The molecule has 0 radical (unpaired) electrons. The number of benzene rings is 2. The van der Waals surface area contributed by atoms with Gasteiger partial charge in [-0.15, -0.1) is 11.3 Å². The van der Waals surface area contributed by atoms with Crippen molar-refractivity contribution in [3.63, 3.8) is 0 Å². The number of phenols is 2. The molecule has 0 bridgehead atoms. The number of thiazole rings is 1. The van der Waals surface area contributed by atoms with Crippen molar-refractivity contribution in [3.05, 3.63) is 57.9 Å². The molecule has 0 saturated heterocycles. The number of aromatic hydroxyl groups is 2. The fraction of sp³-hybridized carbons (Fsp3) is 0.0625. The quantitative estimate of drug-likeness (QED) is 0.574. The zero-order valence-electron chi connectivity index (χ0n) is 12.7. The minimum Gasteiger partial charge on any atom is -0.504 e. The molecule has 0 saturated carbocycles. The smallest absolute Gasteiger partial charge is 0.241 e. The van der Waals surface area contributed by atoms with Crippen LogP contribution in [-0.2, 0) is 16.6 Å². The molecule has 1 heterocycles. The fourth-order valence-electron chi connectivity index (χ4n) is 2.08. The average molecular weight is 397 g/mol. The minimum absolute atomic E-state index is 0.0313. The molecule has 3 N–H and O–H groups in total. The molecule has 25 heavy (non-hydrogen) atoms. The zero-order valence-corrected chi connectivity index (χ0v) is 15.1. The summed E-state index contributed by atoms with van der Waals surface area (Å²) in [4.78, 5) is 4.42. The number of nitrogens with one attached hydrogen (secondary N) is 1. The second-order valence-corrected chi connectivity index (χ2v) is 8.26. The SMILES string of the molecule is O=S(=O)(NCc1nc(-c2ccc(O)c(O)c2)cs1)c1cccc(Cl)c1. The molecular weight excluding hydrogens is 384 g/mol. The van der Waals surface area contributed by atoms with E-state index in [0.717, 1.165) is 0 Å². The van der Waals surface area contributed by atoms with Gasteiger partial charge in [-0.2, -0.15) is 0 Å². The third-order valence-corrected chi connectivity index (χ3v) is 5.83. The monoisotopic (exact) mass is 396 g/mol. The van der Waals surface area contributed by atoms with Gasteiger partial charge in [0.2, 0.25) is 10.0 Å². The van der Waals surface area contributed by atoms with Crippen LogP contribution in [0, 0.1) is 0 Å². The second-order valence-electron chi connectivity index (χ2n) is 5.11. The van der Waals surface area contributed by atoms with E-state index in [1.807, 2.05) is 0 Å². The molecule has 3 rings (SSSR count). The first-order valence-corrected chi connectivity index (χ1v) is 9.81. The Bertz CT molecular complexity index is 1020. The van der Waals surface area contributed by atoms with Crippen molar-refractivity contribution in [1.29, 1.82) is 0 Å². The van der Waals surface area contributed by atoms with Gasteiger partial charge in [0, 0.05) is 16.0 Å². The van der Waals surface area contributed by atoms with E-state index >= 15 is 0 Å². The number of nitrogens with zero attached hydrogens (tertiary/aromatic N) is 1. The average Bonchev–Trinajstić information content (AvgIpc) is 3.05. The number of phenolic OH excluding ortho intramolecular Hbond substituents is 2. The number of rotatable bonds is 5. The number of sulfonamides is 1.